The molecule has 0 aromatic carbocycles. The lowest BCUT2D eigenvalue weighted by Gasteiger charge is -2.14. The van der Waals surface area contributed by atoms with Crippen LogP contribution in [0.4, 0.5) is 0 Å². The van der Waals surface area contributed by atoms with E-state index in [0.717, 1.165) is 47.0 Å². The molecule has 0 spiro atoms. The van der Waals surface area contributed by atoms with E-state index >= 15 is 0 Å². The van der Waals surface area contributed by atoms with Crippen LogP contribution in [0.15, 0.2) is 16.7 Å². The molecule has 2 aromatic rings. The average molecular weight is 289 g/mol. The van der Waals surface area contributed by atoms with E-state index in [1.807, 2.05) is 32.9 Å². The van der Waals surface area contributed by atoms with Crippen LogP contribution in [0.1, 0.15) is 41.8 Å². The third-order valence-electron chi connectivity index (χ3n) is 3.60. The number of aryl methyl sites for hydroxylation is 3. The highest BCUT2D eigenvalue weighted by atomic mass is 16.5. The van der Waals surface area contributed by atoms with E-state index in [1.54, 1.807) is 0 Å². The minimum absolute atomic E-state index is 0.0979. The van der Waals surface area contributed by atoms with Crippen LogP contribution in [-0.4, -0.2) is 16.2 Å². The van der Waals surface area contributed by atoms with Crippen LogP contribution in [0.3, 0.4) is 0 Å². The van der Waals surface area contributed by atoms with Gasteiger partial charge in [-0.2, -0.15) is 0 Å². The van der Waals surface area contributed by atoms with Crippen LogP contribution in [0.5, 0.6) is 5.75 Å². The molecule has 21 heavy (non-hydrogen) atoms. The van der Waals surface area contributed by atoms with Gasteiger partial charge in [-0.25, -0.2) is 0 Å². The highest BCUT2D eigenvalue weighted by molar-refractivity contribution is 5.31. The van der Waals surface area contributed by atoms with Gasteiger partial charge in [-0.15, -0.1) is 0 Å². The summed E-state index contributed by atoms with van der Waals surface area (Å²) in [6.45, 7) is 8.28. The third-order valence-corrected chi connectivity index (χ3v) is 3.60. The first kappa shape index (κ1) is 15.5. The summed E-state index contributed by atoms with van der Waals surface area (Å²) in [7, 11) is 0. The quantitative estimate of drug-likeness (QED) is 0.885. The summed E-state index contributed by atoms with van der Waals surface area (Å²) in [5.41, 5.74) is 9.77. The first-order chi connectivity index (χ1) is 10.0. The molecule has 0 saturated heterocycles. The Morgan fingerprint density at radius 2 is 2.05 bits per heavy atom. The molecule has 0 aliphatic rings. The van der Waals surface area contributed by atoms with Gasteiger partial charge in [0.25, 0.3) is 0 Å². The van der Waals surface area contributed by atoms with Crippen molar-refractivity contribution in [2.45, 2.75) is 53.2 Å². The second-order valence-electron chi connectivity index (χ2n) is 5.36. The van der Waals surface area contributed by atoms with Crippen molar-refractivity contribution in [1.82, 2.24) is 10.1 Å². The van der Waals surface area contributed by atoms with Gasteiger partial charge in [-0.3, -0.25) is 4.98 Å². The van der Waals surface area contributed by atoms with Gasteiger partial charge in [0.1, 0.15) is 18.1 Å². The predicted molar refractivity (Wildman–Crippen MR) is 81.3 cm³/mol. The fourth-order valence-corrected chi connectivity index (χ4v) is 2.13. The highest BCUT2D eigenvalue weighted by Crippen LogP contribution is 2.22. The van der Waals surface area contributed by atoms with Crippen molar-refractivity contribution in [2.24, 2.45) is 5.73 Å². The Kier molecular flexibility index (Phi) is 4.96. The summed E-state index contributed by atoms with van der Waals surface area (Å²) in [6.07, 6.45) is 1.63. The largest absolute Gasteiger partial charge is 0.487 e. The molecule has 114 valence electrons. The summed E-state index contributed by atoms with van der Waals surface area (Å²) >= 11 is 0. The maximum absolute atomic E-state index is 6.04. The van der Waals surface area contributed by atoms with Crippen LogP contribution >= 0.6 is 0 Å². The summed E-state index contributed by atoms with van der Waals surface area (Å²) in [4.78, 5) is 4.56. The number of pyridine rings is 1. The number of ether oxygens (including phenoxy) is 1. The Morgan fingerprint density at radius 1 is 1.29 bits per heavy atom. The Balaban J connectivity index is 2.15. The Bertz CT molecular complexity index is 588. The summed E-state index contributed by atoms with van der Waals surface area (Å²) in [5, 5.41) is 3.94. The number of nitrogens with zero attached hydrogens (tertiary/aromatic N) is 2. The normalized spacial score (nSPS) is 12.4. The van der Waals surface area contributed by atoms with Crippen molar-refractivity contribution >= 4 is 0 Å². The van der Waals surface area contributed by atoms with Gasteiger partial charge in [0.05, 0.1) is 17.0 Å². The van der Waals surface area contributed by atoms with Gasteiger partial charge in [0.15, 0.2) is 0 Å². The van der Waals surface area contributed by atoms with Gasteiger partial charge >= 0.3 is 0 Å². The molecule has 0 bridgehead atoms. The van der Waals surface area contributed by atoms with E-state index < -0.39 is 0 Å². The standard InChI is InChI=1S/C16H23N3O2/c1-5-13(17)8-15-16(7-6-10(2)18-15)20-9-14-11(3)19-21-12(14)4/h6-7,13H,5,8-9,17H2,1-4H3. The molecule has 2 rings (SSSR count). The fourth-order valence-electron chi connectivity index (χ4n) is 2.13. The maximum atomic E-state index is 6.04. The molecule has 0 radical (unpaired) electrons. The zero-order valence-corrected chi connectivity index (χ0v) is 13.1. The van der Waals surface area contributed by atoms with E-state index in [-0.39, 0.29) is 6.04 Å². The summed E-state index contributed by atoms with van der Waals surface area (Å²) in [6, 6.07) is 4.00. The Labute approximate surface area is 125 Å². The fraction of sp³-hybridized carbons (Fsp3) is 0.500. The first-order valence-electron chi connectivity index (χ1n) is 7.28. The zero-order valence-electron chi connectivity index (χ0n) is 13.1. The van der Waals surface area contributed by atoms with Crippen LogP contribution in [0.25, 0.3) is 0 Å². The molecular weight excluding hydrogens is 266 g/mol. The van der Waals surface area contributed by atoms with Gasteiger partial charge in [0.2, 0.25) is 0 Å². The molecule has 2 aromatic heterocycles. The molecule has 1 atom stereocenters. The summed E-state index contributed by atoms with van der Waals surface area (Å²) in [5.74, 6) is 1.57. The van der Waals surface area contributed by atoms with E-state index in [2.05, 4.69) is 17.1 Å². The molecule has 1 unspecified atom stereocenters. The molecule has 0 amide bonds. The number of aromatic nitrogens is 2. The average Bonchev–Trinajstić information content (AvgIpc) is 2.77. The second-order valence-corrected chi connectivity index (χ2v) is 5.36. The Morgan fingerprint density at radius 3 is 2.67 bits per heavy atom. The molecule has 5 heteroatoms. The third kappa shape index (κ3) is 3.82. The lowest BCUT2D eigenvalue weighted by Crippen LogP contribution is -2.22. The molecule has 0 aliphatic heterocycles. The van der Waals surface area contributed by atoms with Crippen molar-refractivity contribution in [3.63, 3.8) is 0 Å². The number of nitrogens with two attached hydrogens (primary N) is 1. The molecule has 2 heterocycles. The number of hydrogen-bond acceptors (Lipinski definition) is 5. The molecule has 5 nitrogen and oxygen atoms in total. The topological polar surface area (TPSA) is 74.2 Å². The lowest BCUT2D eigenvalue weighted by molar-refractivity contribution is 0.296. The molecule has 0 saturated carbocycles. The zero-order chi connectivity index (χ0) is 15.4. The van der Waals surface area contributed by atoms with E-state index in [4.69, 9.17) is 15.0 Å². The Hall–Kier alpha value is -1.88. The van der Waals surface area contributed by atoms with Crippen molar-refractivity contribution in [3.05, 3.63) is 40.5 Å². The number of hydrogen-bond donors (Lipinski definition) is 1. The molecule has 0 aliphatic carbocycles. The van der Waals surface area contributed by atoms with E-state index in [1.165, 1.54) is 0 Å². The van der Waals surface area contributed by atoms with Crippen molar-refractivity contribution in [3.8, 4) is 5.75 Å². The smallest absolute Gasteiger partial charge is 0.141 e. The van der Waals surface area contributed by atoms with Crippen LogP contribution in [0, 0.1) is 20.8 Å². The van der Waals surface area contributed by atoms with Crippen LogP contribution in [0.2, 0.25) is 0 Å². The van der Waals surface area contributed by atoms with Gasteiger partial charge in [0, 0.05) is 18.2 Å². The van der Waals surface area contributed by atoms with Crippen molar-refractivity contribution in [1.29, 1.82) is 0 Å². The van der Waals surface area contributed by atoms with Gasteiger partial charge < -0.3 is 15.0 Å². The lowest BCUT2D eigenvalue weighted by atomic mass is 10.1. The van der Waals surface area contributed by atoms with E-state index in [0.29, 0.717) is 6.61 Å². The predicted octanol–water partition coefficient (Wildman–Crippen LogP) is 2.85. The first-order valence-corrected chi connectivity index (χ1v) is 7.28. The van der Waals surface area contributed by atoms with Gasteiger partial charge in [-0.1, -0.05) is 12.1 Å². The van der Waals surface area contributed by atoms with E-state index in [9.17, 15) is 0 Å². The maximum Gasteiger partial charge on any atom is 0.141 e. The van der Waals surface area contributed by atoms with Crippen molar-refractivity contribution in [2.75, 3.05) is 0 Å². The van der Waals surface area contributed by atoms with Crippen molar-refractivity contribution < 1.29 is 9.26 Å². The van der Waals surface area contributed by atoms with Crippen LogP contribution < -0.4 is 10.5 Å². The molecule has 0 fully saturated rings. The minimum atomic E-state index is 0.0979. The second kappa shape index (κ2) is 6.72. The highest BCUT2D eigenvalue weighted by Gasteiger charge is 2.13. The molecule has 2 N–H and O–H groups in total. The minimum Gasteiger partial charge on any atom is -0.487 e. The van der Waals surface area contributed by atoms with Crippen LogP contribution in [-0.2, 0) is 13.0 Å². The SMILES string of the molecule is CCC(N)Cc1nc(C)ccc1OCc1c(C)noc1C. The van der Waals surface area contributed by atoms with Gasteiger partial charge in [-0.05, 0) is 39.3 Å². The summed E-state index contributed by atoms with van der Waals surface area (Å²) < 4.78 is 11.1. The number of rotatable bonds is 6. The monoisotopic (exact) mass is 289 g/mol. The molecular formula is C16H23N3O2.